The lowest BCUT2D eigenvalue weighted by molar-refractivity contribution is 0.0822. The lowest BCUT2D eigenvalue weighted by Crippen LogP contribution is -2.35. The number of ether oxygens (including phenoxy) is 2. The highest BCUT2D eigenvalue weighted by molar-refractivity contribution is 5.69. The molecular weight excluding hydrogens is 290 g/mol. The Labute approximate surface area is 135 Å². The van der Waals surface area contributed by atoms with Gasteiger partial charge in [-0.25, -0.2) is 4.79 Å². The number of amides is 1. The van der Waals surface area contributed by atoms with Crippen LogP contribution in [0.2, 0.25) is 0 Å². The molecule has 0 N–H and O–H groups in total. The highest BCUT2D eigenvalue weighted by atomic mass is 16.6. The molecule has 118 valence electrons. The second-order valence-electron chi connectivity index (χ2n) is 6.25. The summed E-state index contributed by atoms with van der Waals surface area (Å²) in [5.74, 6) is 0. The molecular formula is C19H19NO3. The first kappa shape index (κ1) is 14.3. The Morgan fingerprint density at radius 3 is 2.43 bits per heavy atom. The van der Waals surface area contributed by atoms with Gasteiger partial charge in [-0.1, -0.05) is 60.7 Å². The molecule has 0 spiro atoms. The van der Waals surface area contributed by atoms with Gasteiger partial charge in [0.15, 0.2) is 0 Å². The van der Waals surface area contributed by atoms with Crippen LogP contribution in [0.1, 0.15) is 11.1 Å². The van der Waals surface area contributed by atoms with Gasteiger partial charge < -0.3 is 14.4 Å². The molecule has 2 unspecified atom stereocenters. The van der Waals surface area contributed by atoms with Crippen molar-refractivity contribution in [1.29, 1.82) is 0 Å². The van der Waals surface area contributed by atoms with Crippen LogP contribution in [0, 0.1) is 0 Å². The highest BCUT2D eigenvalue weighted by Crippen LogP contribution is 2.45. The van der Waals surface area contributed by atoms with Crippen LogP contribution in [0.15, 0.2) is 60.7 Å². The SMILES string of the molecule is O=C(OCc1ccccc1)N1CC2OC2(Cc2ccccc2)C1. The zero-order chi connectivity index (χ0) is 15.7. The first-order valence-electron chi connectivity index (χ1n) is 7.93. The highest BCUT2D eigenvalue weighted by Gasteiger charge is 2.63. The minimum absolute atomic E-state index is 0.145. The van der Waals surface area contributed by atoms with E-state index in [0.29, 0.717) is 19.7 Å². The van der Waals surface area contributed by atoms with Crippen molar-refractivity contribution in [2.75, 3.05) is 13.1 Å². The van der Waals surface area contributed by atoms with Crippen LogP contribution in [0.5, 0.6) is 0 Å². The summed E-state index contributed by atoms with van der Waals surface area (Å²) < 4.78 is 11.2. The van der Waals surface area contributed by atoms with E-state index in [0.717, 1.165) is 12.0 Å². The van der Waals surface area contributed by atoms with Crippen LogP contribution in [-0.2, 0) is 22.5 Å². The second-order valence-corrected chi connectivity index (χ2v) is 6.25. The molecule has 0 saturated carbocycles. The molecule has 2 saturated heterocycles. The van der Waals surface area contributed by atoms with Crippen molar-refractivity contribution in [2.24, 2.45) is 0 Å². The van der Waals surface area contributed by atoms with Gasteiger partial charge in [0.25, 0.3) is 0 Å². The molecule has 23 heavy (non-hydrogen) atoms. The van der Waals surface area contributed by atoms with Gasteiger partial charge in [-0.2, -0.15) is 0 Å². The van der Waals surface area contributed by atoms with Gasteiger partial charge in [0.1, 0.15) is 18.3 Å². The number of rotatable bonds is 4. The average Bonchev–Trinajstić information content (AvgIpc) is 3.13. The summed E-state index contributed by atoms with van der Waals surface area (Å²) in [5.41, 5.74) is 2.04. The van der Waals surface area contributed by atoms with Crippen LogP contribution in [-0.4, -0.2) is 35.8 Å². The Bertz CT molecular complexity index is 688. The third-order valence-electron chi connectivity index (χ3n) is 4.56. The number of epoxide rings is 1. The van der Waals surface area contributed by atoms with Gasteiger partial charge in [0.2, 0.25) is 0 Å². The van der Waals surface area contributed by atoms with Gasteiger partial charge in [0, 0.05) is 6.42 Å². The van der Waals surface area contributed by atoms with Gasteiger partial charge in [0.05, 0.1) is 13.1 Å². The molecule has 0 aliphatic carbocycles. The largest absolute Gasteiger partial charge is 0.445 e. The number of carbonyl (C=O) groups is 1. The fourth-order valence-corrected chi connectivity index (χ4v) is 3.28. The normalized spacial score (nSPS) is 25.0. The number of fused-ring (bicyclic) bond motifs is 1. The summed E-state index contributed by atoms with van der Waals surface area (Å²) >= 11 is 0. The third kappa shape index (κ3) is 2.94. The van der Waals surface area contributed by atoms with E-state index in [1.807, 2.05) is 48.5 Å². The molecule has 2 aliphatic rings. The molecule has 1 amide bonds. The lowest BCUT2D eigenvalue weighted by atomic mass is 9.98. The zero-order valence-electron chi connectivity index (χ0n) is 12.9. The van der Waals surface area contributed by atoms with Crippen LogP contribution in [0.3, 0.4) is 0 Å². The fraction of sp³-hybridized carbons (Fsp3) is 0.316. The van der Waals surface area contributed by atoms with E-state index in [1.165, 1.54) is 5.56 Å². The van der Waals surface area contributed by atoms with Crippen molar-refractivity contribution in [3.63, 3.8) is 0 Å². The van der Waals surface area contributed by atoms with Crippen LogP contribution < -0.4 is 0 Å². The maximum Gasteiger partial charge on any atom is 0.410 e. The number of hydrogen-bond acceptors (Lipinski definition) is 3. The van der Waals surface area contributed by atoms with E-state index in [1.54, 1.807) is 4.90 Å². The molecule has 4 heteroatoms. The van der Waals surface area contributed by atoms with E-state index in [-0.39, 0.29) is 17.8 Å². The molecule has 2 heterocycles. The van der Waals surface area contributed by atoms with Gasteiger partial charge in [-0.15, -0.1) is 0 Å². The number of hydrogen-bond donors (Lipinski definition) is 0. The molecule has 4 rings (SSSR count). The molecule has 0 aromatic heterocycles. The standard InChI is InChI=1S/C19H19NO3/c21-18(22-13-16-9-5-2-6-10-16)20-12-17-19(14-20,23-17)11-15-7-3-1-4-8-15/h1-10,17H,11-14H2. The summed E-state index contributed by atoms with van der Waals surface area (Å²) in [6.07, 6.45) is 0.741. The molecule has 2 aromatic carbocycles. The quantitative estimate of drug-likeness (QED) is 0.815. The topological polar surface area (TPSA) is 42.1 Å². The van der Waals surface area contributed by atoms with Crippen molar-refractivity contribution in [2.45, 2.75) is 24.7 Å². The van der Waals surface area contributed by atoms with Crippen molar-refractivity contribution in [3.05, 3.63) is 71.8 Å². The molecule has 4 nitrogen and oxygen atoms in total. The van der Waals surface area contributed by atoms with E-state index in [2.05, 4.69) is 12.1 Å². The van der Waals surface area contributed by atoms with Gasteiger partial charge in [-0.05, 0) is 11.1 Å². The van der Waals surface area contributed by atoms with Gasteiger partial charge in [-0.3, -0.25) is 0 Å². The van der Waals surface area contributed by atoms with Crippen LogP contribution >= 0.6 is 0 Å². The third-order valence-corrected chi connectivity index (χ3v) is 4.56. The number of morpholine rings is 1. The van der Waals surface area contributed by atoms with Crippen molar-refractivity contribution in [1.82, 2.24) is 4.90 Å². The Balaban J connectivity index is 1.33. The van der Waals surface area contributed by atoms with Crippen molar-refractivity contribution < 1.29 is 14.3 Å². The molecule has 2 aromatic rings. The van der Waals surface area contributed by atoms with Crippen LogP contribution in [0.4, 0.5) is 4.79 Å². The van der Waals surface area contributed by atoms with Crippen molar-refractivity contribution >= 4 is 6.09 Å². The zero-order valence-corrected chi connectivity index (χ0v) is 12.9. The Hall–Kier alpha value is -2.33. The summed E-state index contributed by atoms with van der Waals surface area (Å²) in [4.78, 5) is 14.0. The smallest absolute Gasteiger partial charge is 0.410 e. The first-order chi connectivity index (χ1) is 11.3. The van der Waals surface area contributed by atoms with E-state index >= 15 is 0 Å². The summed E-state index contributed by atoms with van der Waals surface area (Å²) in [6.45, 7) is 1.55. The molecule has 2 fully saturated rings. The number of likely N-dealkylation sites (tertiary alicyclic amines) is 1. The van der Waals surface area contributed by atoms with E-state index in [4.69, 9.17) is 9.47 Å². The summed E-state index contributed by atoms with van der Waals surface area (Å²) in [7, 11) is 0. The monoisotopic (exact) mass is 309 g/mol. The average molecular weight is 309 g/mol. The maximum atomic E-state index is 12.2. The van der Waals surface area contributed by atoms with E-state index < -0.39 is 0 Å². The van der Waals surface area contributed by atoms with Crippen LogP contribution in [0.25, 0.3) is 0 Å². The lowest BCUT2D eigenvalue weighted by Gasteiger charge is -2.20. The second kappa shape index (κ2) is 5.70. The summed E-state index contributed by atoms with van der Waals surface area (Å²) in [6, 6.07) is 20.0. The summed E-state index contributed by atoms with van der Waals surface area (Å²) in [5, 5.41) is 0. The molecule has 2 atom stereocenters. The fourth-order valence-electron chi connectivity index (χ4n) is 3.28. The number of nitrogens with zero attached hydrogens (tertiary/aromatic N) is 1. The number of benzene rings is 2. The predicted molar refractivity (Wildman–Crippen MR) is 86.0 cm³/mol. The van der Waals surface area contributed by atoms with Gasteiger partial charge >= 0.3 is 6.09 Å². The number of carbonyl (C=O) groups excluding carboxylic acids is 1. The molecule has 0 radical (unpaired) electrons. The van der Waals surface area contributed by atoms with E-state index in [9.17, 15) is 4.79 Å². The molecule has 0 bridgehead atoms. The Morgan fingerprint density at radius 2 is 1.74 bits per heavy atom. The maximum absolute atomic E-state index is 12.2. The minimum Gasteiger partial charge on any atom is -0.445 e. The van der Waals surface area contributed by atoms with Crippen molar-refractivity contribution in [3.8, 4) is 0 Å². The first-order valence-corrected chi connectivity index (χ1v) is 7.93. The molecule has 2 aliphatic heterocycles. The minimum atomic E-state index is -0.253. The predicted octanol–water partition coefficient (Wildman–Crippen LogP) is 3.02. The Kier molecular flexibility index (Phi) is 3.54. The Morgan fingerprint density at radius 1 is 1.09 bits per heavy atom.